The Bertz CT molecular complexity index is 924. The van der Waals surface area contributed by atoms with Crippen molar-refractivity contribution in [2.45, 2.75) is 26.4 Å². The molecule has 0 saturated carbocycles. The van der Waals surface area contributed by atoms with E-state index < -0.39 is 23.4 Å². The first-order chi connectivity index (χ1) is 12.3. The first-order valence-corrected chi connectivity index (χ1v) is 8.80. The van der Waals surface area contributed by atoms with Crippen molar-refractivity contribution in [3.05, 3.63) is 63.1 Å². The van der Waals surface area contributed by atoms with E-state index in [1.807, 2.05) is 19.9 Å². The lowest BCUT2D eigenvalue weighted by atomic mass is 9.91. The van der Waals surface area contributed by atoms with Gasteiger partial charge in [-0.15, -0.1) is 0 Å². The van der Waals surface area contributed by atoms with Gasteiger partial charge in [0.1, 0.15) is 22.8 Å². The number of rotatable bonds is 3. The van der Waals surface area contributed by atoms with Gasteiger partial charge in [-0.25, -0.2) is 0 Å². The van der Waals surface area contributed by atoms with E-state index in [2.05, 4.69) is 15.9 Å². The van der Waals surface area contributed by atoms with Crippen LogP contribution in [0.5, 0.6) is 17.2 Å². The molecule has 0 aromatic heterocycles. The van der Waals surface area contributed by atoms with E-state index in [4.69, 9.17) is 4.74 Å². The van der Waals surface area contributed by atoms with Crippen LogP contribution < -0.4 is 4.74 Å². The normalized spacial score (nSPS) is 16.0. The summed E-state index contributed by atoms with van der Waals surface area (Å²) < 4.78 is 6.66. The summed E-state index contributed by atoms with van der Waals surface area (Å²) in [5.41, 5.74) is 1.71. The molecule has 3 rings (SSSR count). The average Bonchev–Trinajstić information content (AvgIpc) is 2.57. The highest BCUT2D eigenvalue weighted by Crippen LogP contribution is 2.44. The molecule has 2 aromatic rings. The number of phenolic OH excluding ortho intramolecular Hbond substituents is 2. The molecule has 0 amide bonds. The maximum absolute atomic E-state index is 12.6. The van der Waals surface area contributed by atoms with Crippen molar-refractivity contribution in [2.75, 3.05) is 0 Å². The topological polar surface area (TPSA) is 83.8 Å². The lowest BCUT2D eigenvalue weighted by Gasteiger charge is -2.27. The van der Waals surface area contributed by atoms with Crippen LogP contribution in [0.15, 0.2) is 46.5 Å². The number of ketones is 2. The Labute approximate surface area is 159 Å². The summed E-state index contributed by atoms with van der Waals surface area (Å²) in [4.78, 5) is 25.1. The zero-order chi connectivity index (χ0) is 19.0. The number of carbonyl (C=O) groups excluding carboxylic acids is 2. The average molecular weight is 417 g/mol. The minimum absolute atomic E-state index is 0.0533. The molecule has 26 heavy (non-hydrogen) atoms. The van der Waals surface area contributed by atoms with Gasteiger partial charge in [-0.2, -0.15) is 0 Å². The molecule has 0 radical (unpaired) electrons. The van der Waals surface area contributed by atoms with Crippen molar-refractivity contribution in [3.63, 3.8) is 0 Å². The standard InChI is InChI=1S/C20H17BrO5/c1-10(2)3-8-13-14(22)9-15(23)16-17(24)18(25)19(26-20(13)16)11-4-6-12(21)7-5-11/h3-7,9,19,22-23H,8H2,1-2H3. The summed E-state index contributed by atoms with van der Waals surface area (Å²) in [5, 5.41) is 20.3. The highest BCUT2D eigenvalue weighted by atomic mass is 79.9. The van der Waals surface area contributed by atoms with Crippen molar-refractivity contribution in [3.8, 4) is 17.2 Å². The lowest BCUT2D eigenvalue weighted by molar-refractivity contribution is -0.122. The predicted molar refractivity (Wildman–Crippen MR) is 99.8 cm³/mol. The Kier molecular flexibility index (Phi) is 4.87. The molecule has 1 aliphatic heterocycles. The molecule has 1 aliphatic rings. The molecule has 0 bridgehead atoms. The van der Waals surface area contributed by atoms with E-state index in [9.17, 15) is 19.8 Å². The molecule has 0 fully saturated rings. The Morgan fingerprint density at radius 2 is 1.81 bits per heavy atom. The van der Waals surface area contributed by atoms with Crippen LogP contribution in [0.2, 0.25) is 0 Å². The molecule has 2 N–H and O–H groups in total. The number of Topliss-reactive ketones (excluding diaryl/α,β-unsaturated/α-hetero) is 2. The lowest BCUT2D eigenvalue weighted by Crippen LogP contribution is -2.32. The molecule has 1 heterocycles. The van der Waals surface area contributed by atoms with Crippen LogP contribution >= 0.6 is 15.9 Å². The molecule has 134 valence electrons. The number of benzene rings is 2. The van der Waals surface area contributed by atoms with Gasteiger partial charge >= 0.3 is 0 Å². The summed E-state index contributed by atoms with van der Waals surface area (Å²) in [5.74, 6) is -2.18. The maximum atomic E-state index is 12.6. The number of phenols is 2. The fourth-order valence-electron chi connectivity index (χ4n) is 2.80. The van der Waals surface area contributed by atoms with Crippen molar-refractivity contribution >= 4 is 27.5 Å². The second-order valence-corrected chi connectivity index (χ2v) is 7.24. The summed E-state index contributed by atoms with van der Waals surface area (Å²) >= 11 is 3.32. The monoisotopic (exact) mass is 416 g/mol. The van der Waals surface area contributed by atoms with Gasteiger partial charge in [0.05, 0.1) is 0 Å². The quantitative estimate of drug-likeness (QED) is 0.576. The Balaban J connectivity index is 2.14. The molecule has 0 saturated heterocycles. The third-order valence-electron chi connectivity index (χ3n) is 4.15. The number of halogens is 1. The molecule has 6 heteroatoms. The molecule has 0 aliphatic carbocycles. The minimum Gasteiger partial charge on any atom is -0.507 e. The Morgan fingerprint density at radius 3 is 2.42 bits per heavy atom. The molecule has 0 spiro atoms. The fraction of sp³-hybridized carbons (Fsp3) is 0.200. The zero-order valence-electron chi connectivity index (χ0n) is 14.2. The van der Waals surface area contributed by atoms with Crippen molar-refractivity contribution in [1.29, 1.82) is 0 Å². The van der Waals surface area contributed by atoms with Crippen LogP contribution in [0.1, 0.15) is 41.4 Å². The van der Waals surface area contributed by atoms with Gasteiger partial charge in [0.25, 0.3) is 0 Å². The maximum Gasteiger partial charge on any atom is 0.248 e. The van der Waals surface area contributed by atoms with Gasteiger partial charge in [-0.3, -0.25) is 9.59 Å². The molecular formula is C20H17BrO5. The van der Waals surface area contributed by atoms with E-state index in [0.29, 0.717) is 17.5 Å². The van der Waals surface area contributed by atoms with Gasteiger partial charge in [-0.1, -0.05) is 39.7 Å². The highest BCUT2D eigenvalue weighted by Gasteiger charge is 2.40. The van der Waals surface area contributed by atoms with Crippen LogP contribution in [0.3, 0.4) is 0 Å². The van der Waals surface area contributed by atoms with Crippen molar-refractivity contribution in [1.82, 2.24) is 0 Å². The summed E-state index contributed by atoms with van der Waals surface area (Å²) in [6, 6.07) is 7.93. The number of ether oxygens (including phenoxy) is 1. The predicted octanol–water partition coefficient (Wildman–Crippen LogP) is 4.25. The number of hydrogen-bond acceptors (Lipinski definition) is 5. The first kappa shape index (κ1) is 18.2. The molecule has 1 atom stereocenters. The smallest absolute Gasteiger partial charge is 0.248 e. The Hall–Kier alpha value is -2.60. The van der Waals surface area contributed by atoms with E-state index in [1.165, 1.54) is 0 Å². The van der Waals surface area contributed by atoms with E-state index in [-0.39, 0.29) is 17.1 Å². The van der Waals surface area contributed by atoms with E-state index >= 15 is 0 Å². The molecule has 5 nitrogen and oxygen atoms in total. The minimum atomic E-state index is -1.12. The van der Waals surface area contributed by atoms with E-state index in [0.717, 1.165) is 16.1 Å². The molecule has 2 aromatic carbocycles. The second kappa shape index (κ2) is 6.96. The summed E-state index contributed by atoms with van der Waals surface area (Å²) in [7, 11) is 0. The number of hydrogen-bond donors (Lipinski definition) is 2. The summed E-state index contributed by atoms with van der Waals surface area (Å²) in [6.45, 7) is 3.81. The SMILES string of the molecule is CC(C)=CCc1c(O)cc(O)c2c1OC(c1ccc(Br)cc1)C(=O)C2=O. The van der Waals surface area contributed by atoms with Crippen LogP contribution in [0.25, 0.3) is 0 Å². The Morgan fingerprint density at radius 1 is 1.15 bits per heavy atom. The third-order valence-corrected chi connectivity index (χ3v) is 4.68. The van der Waals surface area contributed by atoms with Gasteiger partial charge in [-0.05, 0) is 32.4 Å². The zero-order valence-corrected chi connectivity index (χ0v) is 15.8. The van der Waals surface area contributed by atoms with Crippen LogP contribution in [0.4, 0.5) is 0 Å². The van der Waals surface area contributed by atoms with Crippen molar-refractivity contribution in [2.24, 2.45) is 0 Å². The number of carbonyl (C=O) groups is 2. The fourth-order valence-corrected chi connectivity index (χ4v) is 3.06. The molecular weight excluding hydrogens is 400 g/mol. The highest BCUT2D eigenvalue weighted by molar-refractivity contribution is 9.10. The van der Waals surface area contributed by atoms with Gasteiger partial charge in [0, 0.05) is 21.7 Å². The largest absolute Gasteiger partial charge is 0.507 e. The van der Waals surface area contributed by atoms with Gasteiger partial charge in [0.15, 0.2) is 6.10 Å². The van der Waals surface area contributed by atoms with E-state index in [1.54, 1.807) is 24.3 Å². The van der Waals surface area contributed by atoms with Crippen LogP contribution in [-0.2, 0) is 11.2 Å². The number of fused-ring (bicyclic) bond motifs is 1. The number of allylic oxidation sites excluding steroid dienone is 2. The molecule has 1 unspecified atom stereocenters. The summed E-state index contributed by atoms with van der Waals surface area (Å²) in [6.07, 6.45) is 1.06. The van der Waals surface area contributed by atoms with Gasteiger partial charge < -0.3 is 14.9 Å². The van der Waals surface area contributed by atoms with Crippen LogP contribution in [-0.4, -0.2) is 21.8 Å². The second-order valence-electron chi connectivity index (χ2n) is 6.33. The van der Waals surface area contributed by atoms with Crippen LogP contribution in [0, 0.1) is 0 Å². The number of aromatic hydroxyl groups is 2. The van der Waals surface area contributed by atoms with Gasteiger partial charge in [0.2, 0.25) is 11.6 Å². The third kappa shape index (κ3) is 3.24. The first-order valence-electron chi connectivity index (χ1n) is 8.01. The van der Waals surface area contributed by atoms with Crippen molar-refractivity contribution < 1.29 is 24.5 Å².